The van der Waals surface area contributed by atoms with Crippen molar-refractivity contribution in [1.82, 2.24) is 5.32 Å². The van der Waals surface area contributed by atoms with Gasteiger partial charge in [-0.25, -0.2) is 0 Å². The topological polar surface area (TPSA) is 30.5 Å². The fraction of sp³-hybridized carbons (Fsp3) is 0.692. The second-order valence-corrected chi connectivity index (χ2v) is 5.41. The second-order valence-electron chi connectivity index (χ2n) is 4.07. The highest BCUT2D eigenvalue weighted by atomic mass is 32.1. The lowest BCUT2D eigenvalue weighted by molar-refractivity contribution is 0.135. The quantitative estimate of drug-likeness (QED) is 0.688. The van der Waals surface area contributed by atoms with Crippen LogP contribution in [0.15, 0.2) is 6.07 Å². The Kier molecular flexibility index (Phi) is 7.44. The molecule has 0 saturated heterocycles. The van der Waals surface area contributed by atoms with Gasteiger partial charge in [-0.2, -0.15) is 0 Å². The third-order valence-corrected chi connectivity index (χ3v) is 3.74. The summed E-state index contributed by atoms with van der Waals surface area (Å²) in [5, 5.41) is 3.25. The Bertz CT molecular complexity index is 312. The number of nitrogens with one attached hydrogen (secondary N) is 1. The first-order chi connectivity index (χ1) is 8.24. The molecule has 0 aliphatic rings. The molecule has 3 nitrogen and oxygen atoms in total. The summed E-state index contributed by atoms with van der Waals surface area (Å²) in [6, 6.07) is 2.24. The Morgan fingerprint density at radius 3 is 2.59 bits per heavy atom. The predicted molar refractivity (Wildman–Crippen MR) is 73.1 cm³/mol. The largest absolute Gasteiger partial charge is 0.383 e. The molecule has 0 radical (unpaired) electrons. The van der Waals surface area contributed by atoms with Crippen LogP contribution in [0.2, 0.25) is 0 Å². The van der Waals surface area contributed by atoms with E-state index in [1.807, 2.05) is 11.3 Å². The molecule has 98 valence electrons. The molecular formula is C13H23NO2S. The number of ether oxygens (including phenoxy) is 2. The maximum absolute atomic E-state index is 5.59. The summed E-state index contributed by atoms with van der Waals surface area (Å²) in [4.78, 5) is 2.84. The van der Waals surface area contributed by atoms with Gasteiger partial charge in [-0.1, -0.05) is 0 Å². The summed E-state index contributed by atoms with van der Waals surface area (Å²) in [7, 11) is 1.71. The van der Waals surface area contributed by atoms with E-state index in [-0.39, 0.29) is 0 Å². The third-order valence-electron chi connectivity index (χ3n) is 2.52. The first-order valence-corrected chi connectivity index (χ1v) is 6.89. The van der Waals surface area contributed by atoms with Gasteiger partial charge in [0.05, 0.1) is 19.8 Å². The molecule has 1 N–H and O–H groups in total. The van der Waals surface area contributed by atoms with Crippen LogP contribution in [0.3, 0.4) is 0 Å². The Hall–Kier alpha value is -0.420. The minimum absolute atomic E-state index is 0.758. The van der Waals surface area contributed by atoms with Gasteiger partial charge in [0.15, 0.2) is 0 Å². The van der Waals surface area contributed by atoms with Crippen LogP contribution in [0.1, 0.15) is 15.3 Å². The third kappa shape index (κ3) is 6.17. The minimum atomic E-state index is 0.758. The van der Waals surface area contributed by atoms with Crippen LogP contribution < -0.4 is 5.32 Å². The molecule has 0 fully saturated rings. The summed E-state index contributed by atoms with van der Waals surface area (Å²) in [5.74, 6) is 0. The molecule has 0 amide bonds. The van der Waals surface area contributed by atoms with E-state index in [2.05, 4.69) is 25.2 Å². The zero-order valence-corrected chi connectivity index (χ0v) is 11.9. The SMILES string of the molecule is COCCNCCOCCc1sc(C)cc1C. The van der Waals surface area contributed by atoms with Crippen molar-refractivity contribution in [3.63, 3.8) is 0 Å². The number of methoxy groups -OCH3 is 1. The second kappa shape index (κ2) is 8.64. The van der Waals surface area contributed by atoms with Crippen molar-refractivity contribution in [2.45, 2.75) is 20.3 Å². The lowest BCUT2D eigenvalue weighted by atomic mass is 10.2. The zero-order chi connectivity index (χ0) is 12.5. The van der Waals surface area contributed by atoms with Gasteiger partial charge in [0.2, 0.25) is 0 Å². The molecule has 0 atom stereocenters. The van der Waals surface area contributed by atoms with Crippen molar-refractivity contribution in [2.24, 2.45) is 0 Å². The summed E-state index contributed by atoms with van der Waals surface area (Å²) in [5.41, 5.74) is 1.40. The molecule has 17 heavy (non-hydrogen) atoms. The van der Waals surface area contributed by atoms with Gasteiger partial charge in [0.1, 0.15) is 0 Å². The molecular weight excluding hydrogens is 234 g/mol. The van der Waals surface area contributed by atoms with Crippen LogP contribution >= 0.6 is 11.3 Å². The fourth-order valence-electron chi connectivity index (χ4n) is 1.65. The van der Waals surface area contributed by atoms with Gasteiger partial charge in [0.25, 0.3) is 0 Å². The van der Waals surface area contributed by atoms with Crippen LogP contribution in [-0.2, 0) is 15.9 Å². The minimum Gasteiger partial charge on any atom is -0.383 e. The number of thiophene rings is 1. The average molecular weight is 257 g/mol. The molecule has 0 bridgehead atoms. The normalized spacial score (nSPS) is 11.0. The van der Waals surface area contributed by atoms with Crippen molar-refractivity contribution in [1.29, 1.82) is 0 Å². The highest BCUT2D eigenvalue weighted by Gasteiger charge is 2.02. The van der Waals surface area contributed by atoms with Gasteiger partial charge in [-0.3, -0.25) is 0 Å². The van der Waals surface area contributed by atoms with Crippen molar-refractivity contribution >= 4 is 11.3 Å². The van der Waals surface area contributed by atoms with Crippen LogP contribution in [-0.4, -0.2) is 40.0 Å². The number of rotatable bonds is 9. The fourth-order valence-corrected chi connectivity index (χ4v) is 2.68. The summed E-state index contributed by atoms with van der Waals surface area (Å²) in [6.45, 7) is 8.45. The van der Waals surface area contributed by atoms with Crippen molar-refractivity contribution in [3.8, 4) is 0 Å². The molecule has 0 aliphatic heterocycles. The van der Waals surface area contributed by atoms with E-state index in [1.165, 1.54) is 15.3 Å². The molecule has 0 aliphatic carbocycles. The maximum atomic E-state index is 5.59. The number of hydrogen-bond donors (Lipinski definition) is 1. The van der Waals surface area contributed by atoms with E-state index in [0.717, 1.165) is 39.3 Å². The average Bonchev–Trinajstić information content (AvgIpc) is 2.61. The molecule has 0 unspecified atom stereocenters. The van der Waals surface area contributed by atoms with Gasteiger partial charge >= 0.3 is 0 Å². The predicted octanol–water partition coefficient (Wildman–Crippen LogP) is 2.16. The number of aryl methyl sites for hydroxylation is 2. The molecule has 1 heterocycles. The highest BCUT2D eigenvalue weighted by Crippen LogP contribution is 2.21. The number of hydrogen-bond acceptors (Lipinski definition) is 4. The van der Waals surface area contributed by atoms with Crippen LogP contribution in [0, 0.1) is 13.8 Å². The van der Waals surface area contributed by atoms with Crippen molar-refractivity contribution in [2.75, 3.05) is 40.0 Å². The smallest absolute Gasteiger partial charge is 0.0591 e. The molecule has 1 aromatic heterocycles. The van der Waals surface area contributed by atoms with Crippen LogP contribution in [0.4, 0.5) is 0 Å². The van der Waals surface area contributed by atoms with E-state index in [1.54, 1.807) is 7.11 Å². The molecule has 0 saturated carbocycles. The molecule has 4 heteroatoms. The van der Waals surface area contributed by atoms with Crippen molar-refractivity contribution < 1.29 is 9.47 Å². The van der Waals surface area contributed by atoms with Gasteiger partial charge in [-0.05, 0) is 25.5 Å². The zero-order valence-electron chi connectivity index (χ0n) is 11.0. The Morgan fingerprint density at radius 1 is 1.18 bits per heavy atom. The first kappa shape index (κ1) is 14.6. The van der Waals surface area contributed by atoms with Gasteiger partial charge in [-0.15, -0.1) is 11.3 Å². The van der Waals surface area contributed by atoms with Crippen LogP contribution in [0.5, 0.6) is 0 Å². The van der Waals surface area contributed by atoms with Crippen LogP contribution in [0.25, 0.3) is 0 Å². The summed E-state index contributed by atoms with van der Waals surface area (Å²) >= 11 is 1.88. The molecule has 0 spiro atoms. The Morgan fingerprint density at radius 2 is 1.94 bits per heavy atom. The van der Waals surface area contributed by atoms with Crippen molar-refractivity contribution in [3.05, 3.63) is 21.4 Å². The first-order valence-electron chi connectivity index (χ1n) is 6.07. The summed E-state index contributed by atoms with van der Waals surface area (Å²) in [6.07, 6.45) is 1.03. The highest BCUT2D eigenvalue weighted by molar-refractivity contribution is 7.12. The van der Waals surface area contributed by atoms with E-state index >= 15 is 0 Å². The molecule has 0 aromatic carbocycles. The van der Waals surface area contributed by atoms with E-state index in [4.69, 9.17) is 9.47 Å². The Labute approximate surface area is 108 Å². The lowest BCUT2D eigenvalue weighted by Crippen LogP contribution is -2.23. The van der Waals surface area contributed by atoms with Gasteiger partial charge in [0, 0.05) is 36.4 Å². The standard InChI is InChI=1S/C13H23NO2S/c1-11-10-12(2)17-13(11)4-7-16-9-6-14-5-8-15-3/h10,14H,4-9H2,1-3H3. The molecule has 1 rings (SSSR count). The van der Waals surface area contributed by atoms with E-state index in [9.17, 15) is 0 Å². The maximum Gasteiger partial charge on any atom is 0.0591 e. The van der Waals surface area contributed by atoms with E-state index < -0.39 is 0 Å². The lowest BCUT2D eigenvalue weighted by Gasteiger charge is -2.05. The van der Waals surface area contributed by atoms with Gasteiger partial charge < -0.3 is 14.8 Å². The monoisotopic (exact) mass is 257 g/mol. The summed E-state index contributed by atoms with van der Waals surface area (Å²) < 4.78 is 10.5. The van der Waals surface area contributed by atoms with E-state index in [0.29, 0.717) is 0 Å². The molecule has 1 aromatic rings. The Balaban J connectivity index is 1.99.